The molecular weight excluding hydrogens is 535 g/mol. The number of halogens is 1. The third kappa shape index (κ3) is 12.0. The minimum absolute atomic E-state index is 0.0596. The highest BCUT2D eigenvalue weighted by Gasteiger charge is 1.98. The van der Waals surface area contributed by atoms with Crippen LogP contribution in [-0.2, 0) is 9.59 Å². The second-order valence-electron chi connectivity index (χ2n) is 7.10. The van der Waals surface area contributed by atoms with Crippen molar-refractivity contribution in [2.24, 2.45) is 5.18 Å². The van der Waals surface area contributed by atoms with Crippen LogP contribution >= 0.6 is 20.7 Å². The summed E-state index contributed by atoms with van der Waals surface area (Å²) in [7, 11) is 0. The monoisotopic (exact) mass is 564 g/mol. The third-order valence-corrected chi connectivity index (χ3v) is 6.76. The Balaban J connectivity index is 1.43. The molecule has 0 atom stereocenters. The second-order valence-corrected chi connectivity index (χ2v) is 9.59. The lowest BCUT2D eigenvalue weighted by atomic mass is 10.2. The summed E-state index contributed by atoms with van der Waals surface area (Å²) < 4.78 is 2.76. The summed E-state index contributed by atoms with van der Waals surface area (Å²) in [6.07, 6.45) is 5.87. The smallest absolute Gasteiger partial charge is 0.249 e. The van der Waals surface area contributed by atoms with E-state index in [-0.39, 0.29) is 17.6 Å². The summed E-state index contributed by atoms with van der Waals surface area (Å²) in [5.74, 6) is -0.000117. The van der Waals surface area contributed by atoms with Gasteiger partial charge in [0.25, 0.3) is 0 Å². The van der Waals surface area contributed by atoms with Gasteiger partial charge in [0.15, 0.2) is 0 Å². The molecule has 0 heterocycles. The molecule has 9 heteroatoms. The quantitative estimate of drug-likeness (QED) is 0.121. The van der Waals surface area contributed by atoms with Crippen LogP contribution in [0, 0.1) is 8.48 Å². The van der Waals surface area contributed by atoms with Crippen LogP contribution in [0.3, 0.4) is 0 Å². The normalized spacial score (nSPS) is 11.3. The van der Waals surface area contributed by atoms with Crippen molar-refractivity contribution in [3.63, 3.8) is 0 Å². The zero-order valence-corrected chi connectivity index (χ0v) is 20.5. The fraction of sp³-hybridized carbons (Fsp3) is 0.292. The number of unbranched alkanes of at least 4 members (excludes halogenated alkanes) is 1. The molecule has 8 nitrogen and oxygen atoms in total. The molecule has 4 N–H and O–H groups in total. The Morgan fingerprint density at radius 2 is 1.48 bits per heavy atom. The molecule has 2 aromatic carbocycles. The van der Waals surface area contributed by atoms with Crippen LogP contribution in [0.1, 0.15) is 24.8 Å². The van der Waals surface area contributed by atoms with Gasteiger partial charge < -0.3 is 21.1 Å². The molecule has 0 spiro atoms. The first-order chi connectivity index (χ1) is 16.1. The lowest BCUT2D eigenvalue weighted by Gasteiger charge is -2.06. The summed E-state index contributed by atoms with van der Waals surface area (Å²) in [5, 5.41) is 21.2. The Morgan fingerprint density at radius 1 is 0.848 bits per heavy atom. The van der Waals surface area contributed by atoms with Crippen molar-refractivity contribution in [3.05, 3.63) is 68.6 Å². The van der Waals surface area contributed by atoms with E-state index in [1.807, 2.05) is 12.1 Å². The molecule has 0 radical (unpaired) electrons. The maximum absolute atomic E-state index is 11.9. The summed E-state index contributed by atoms with van der Waals surface area (Å²) in [4.78, 5) is 34.0. The van der Waals surface area contributed by atoms with E-state index >= 15 is 0 Å². The average Bonchev–Trinajstić information content (AvgIpc) is 2.83. The van der Waals surface area contributed by atoms with Crippen LogP contribution < -0.4 is 16.0 Å². The van der Waals surface area contributed by atoms with Crippen LogP contribution in [0.4, 0.5) is 5.69 Å². The Kier molecular flexibility index (Phi) is 12.6. The fourth-order valence-corrected chi connectivity index (χ4v) is 4.32. The van der Waals surface area contributed by atoms with Crippen molar-refractivity contribution in [2.75, 3.05) is 26.2 Å². The van der Waals surface area contributed by atoms with Gasteiger partial charge in [-0.1, -0.05) is 32.9 Å². The van der Waals surface area contributed by atoms with Crippen LogP contribution in [0.2, 0.25) is 0 Å². The summed E-state index contributed by atoms with van der Waals surface area (Å²) >= 11 is -0.531. The van der Waals surface area contributed by atoms with E-state index < -0.39 is 20.7 Å². The summed E-state index contributed by atoms with van der Waals surface area (Å²) in [5.41, 5.74) is 1.25. The molecule has 0 saturated heterocycles. The van der Waals surface area contributed by atoms with E-state index in [9.17, 15) is 19.6 Å². The number of nitrogens with zero attached hydrogens (tertiary/aromatic N) is 1. The van der Waals surface area contributed by atoms with Gasteiger partial charge >= 0.3 is 0 Å². The van der Waals surface area contributed by atoms with Crippen molar-refractivity contribution < 1.29 is 14.7 Å². The number of rotatable bonds is 14. The molecule has 2 amide bonds. The number of benzene rings is 2. The number of hydrogen-bond acceptors (Lipinski definition) is 6. The molecule has 0 unspecified atom stereocenters. The Bertz CT molecular complexity index is 944. The van der Waals surface area contributed by atoms with Gasteiger partial charge in [-0.15, -0.1) is 4.91 Å². The number of nitroso groups, excluding NO2 is 1. The number of carbonyl (C=O) groups excluding carboxylic acids is 2. The first-order valence-electron chi connectivity index (χ1n) is 10.7. The minimum atomic E-state index is -0.531. The van der Waals surface area contributed by atoms with E-state index in [1.165, 1.54) is 6.08 Å². The maximum Gasteiger partial charge on any atom is 0.249 e. The predicted octanol–water partition coefficient (Wildman–Crippen LogP) is 3.44. The van der Waals surface area contributed by atoms with Gasteiger partial charge in [0.05, 0.1) is 0 Å². The summed E-state index contributed by atoms with van der Waals surface area (Å²) in [6, 6.07) is 13.6. The largest absolute Gasteiger partial charge is 0.508 e. The van der Waals surface area contributed by atoms with Gasteiger partial charge in [-0.05, 0) is 85.6 Å². The lowest BCUT2D eigenvalue weighted by molar-refractivity contribution is -0.116. The van der Waals surface area contributed by atoms with Crippen LogP contribution in [0.15, 0.2) is 59.8 Å². The highest BCUT2D eigenvalue weighted by molar-refractivity contribution is 14.2. The molecule has 2 aromatic rings. The number of aromatic hydroxyl groups is 1. The number of nitrogens with one attached hydrogen (secondary N) is 3. The first-order valence-corrected chi connectivity index (χ1v) is 13.0. The van der Waals surface area contributed by atoms with Gasteiger partial charge in [-0.25, -0.2) is 0 Å². The number of phenols is 1. The average molecular weight is 564 g/mol. The number of phenolic OH excluding ortho intramolecular Hbond substituents is 1. The Morgan fingerprint density at radius 3 is 2.21 bits per heavy atom. The van der Waals surface area contributed by atoms with E-state index in [4.69, 9.17) is 0 Å². The molecule has 0 fully saturated rings. The van der Waals surface area contributed by atoms with E-state index in [0.717, 1.165) is 41.5 Å². The van der Waals surface area contributed by atoms with Crippen LogP contribution in [0.25, 0.3) is 6.08 Å². The number of carbonyl (C=O) groups is 2. The highest BCUT2D eigenvalue weighted by Crippen LogP contribution is 2.16. The van der Waals surface area contributed by atoms with Crippen molar-refractivity contribution in [1.29, 1.82) is 0 Å². The molecule has 33 heavy (non-hydrogen) atoms. The van der Waals surface area contributed by atoms with Gasteiger partial charge in [0, 0.05) is 26.7 Å². The first kappa shape index (κ1) is 26.3. The van der Waals surface area contributed by atoms with Gasteiger partial charge in [0.1, 0.15) is 11.4 Å². The van der Waals surface area contributed by atoms with E-state index in [2.05, 4.69) is 21.1 Å². The maximum atomic E-state index is 11.9. The molecule has 0 aromatic heterocycles. The van der Waals surface area contributed by atoms with E-state index in [1.54, 1.807) is 46.5 Å². The standard InChI is InChI=1S/C24H29IN4O4/c30-22-11-4-19(5-12-22)6-13-23(31)27-16-2-1-14-26-15-3-17-28-24(32)18-25-20-7-9-21(29-33)10-8-20/h4-13,18,26,30H,1-3,14-17H2,(H,27,31)(H,28,32)/b13-6+. The van der Waals surface area contributed by atoms with Gasteiger partial charge in [-0.3, -0.25) is 9.59 Å². The minimum Gasteiger partial charge on any atom is -0.508 e. The zero-order valence-electron chi connectivity index (χ0n) is 18.3. The zero-order chi connectivity index (χ0) is 23.7. The number of hydrogen-bond donors (Lipinski definition) is 4. The third-order valence-electron chi connectivity index (χ3n) is 4.44. The molecule has 176 valence electrons. The Labute approximate surface area is 203 Å². The molecular formula is C24H29IN4O4. The van der Waals surface area contributed by atoms with Gasteiger partial charge in [-0.2, -0.15) is 0 Å². The number of amides is 2. The molecule has 0 aliphatic carbocycles. The summed E-state index contributed by atoms with van der Waals surface area (Å²) in [6.45, 7) is 2.90. The van der Waals surface area contributed by atoms with Crippen molar-refractivity contribution in [1.82, 2.24) is 16.0 Å². The highest BCUT2D eigenvalue weighted by atomic mass is 127. The lowest BCUT2D eigenvalue weighted by Crippen LogP contribution is -2.28. The van der Waals surface area contributed by atoms with E-state index in [0.29, 0.717) is 18.8 Å². The van der Waals surface area contributed by atoms with Crippen molar-refractivity contribution in [2.45, 2.75) is 19.3 Å². The topological polar surface area (TPSA) is 120 Å². The van der Waals surface area contributed by atoms with Crippen LogP contribution in [0.5, 0.6) is 5.75 Å². The molecule has 0 bridgehead atoms. The SMILES string of the molecule is O=Nc1ccc(I=CC(=O)NCCCNCCCCNC(=O)/C=C/c2ccc(O)cc2)cc1. The molecule has 0 saturated carbocycles. The van der Waals surface area contributed by atoms with Crippen molar-refractivity contribution in [3.8, 4) is 5.75 Å². The van der Waals surface area contributed by atoms with Crippen LogP contribution in [-0.4, -0.2) is 47.1 Å². The Hall–Kier alpha value is -2.92. The van der Waals surface area contributed by atoms with Gasteiger partial charge in [0.2, 0.25) is 11.8 Å². The van der Waals surface area contributed by atoms with Crippen molar-refractivity contribution >= 4 is 48.3 Å². The predicted molar refractivity (Wildman–Crippen MR) is 141 cm³/mol. The fourth-order valence-electron chi connectivity index (χ4n) is 2.68. The second kappa shape index (κ2) is 15.8. The molecule has 0 aliphatic rings. The molecule has 2 rings (SSSR count). The molecule has 0 aliphatic heterocycles.